The summed E-state index contributed by atoms with van der Waals surface area (Å²) >= 11 is 7.57. The fourth-order valence-corrected chi connectivity index (χ4v) is 3.99. The first-order chi connectivity index (χ1) is 10.4. The highest BCUT2D eigenvalue weighted by Crippen LogP contribution is 2.42. The molecule has 3 heterocycles. The second-order valence-corrected chi connectivity index (χ2v) is 6.50. The molecule has 1 aromatic carbocycles. The molecule has 0 saturated carbocycles. The Balaban J connectivity index is 1.84. The number of fused-ring (bicyclic) bond motifs is 3. The van der Waals surface area contributed by atoms with Gasteiger partial charge in [0.15, 0.2) is 10.7 Å². The smallest absolute Gasteiger partial charge is 0.356 e. The zero-order valence-corrected chi connectivity index (χ0v) is 12.5. The summed E-state index contributed by atoms with van der Waals surface area (Å²) in [7, 11) is 0. The van der Waals surface area contributed by atoms with E-state index in [4.69, 9.17) is 16.7 Å². The molecule has 3 aromatic rings. The van der Waals surface area contributed by atoms with Crippen LogP contribution in [0.3, 0.4) is 0 Å². The minimum absolute atomic E-state index is 0.0456. The van der Waals surface area contributed by atoms with Crippen molar-refractivity contribution < 1.29 is 18.7 Å². The van der Waals surface area contributed by atoms with Crippen LogP contribution >= 0.6 is 22.9 Å². The van der Waals surface area contributed by atoms with Gasteiger partial charge in [-0.15, -0.1) is 0 Å². The molecule has 1 fully saturated rings. The highest BCUT2D eigenvalue weighted by Gasteiger charge is 2.44. The predicted octanol–water partition coefficient (Wildman–Crippen LogP) is 3.36. The van der Waals surface area contributed by atoms with E-state index >= 15 is 0 Å². The van der Waals surface area contributed by atoms with Gasteiger partial charge in [0.1, 0.15) is 0 Å². The van der Waals surface area contributed by atoms with Crippen LogP contribution in [0.1, 0.15) is 10.5 Å². The summed E-state index contributed by atoms with van der Waals surface area (Å²) in [4.78, 5) is 17.0. The monoisotopic (exact) mass is 343 g/mol. The van der Waals surface area contributed by atoms with Gasteiger partial charge in [-0.25, -0.2) is 18.6 Å². The second-order valence-electron chi connectivity index (χ2n) is 5.14. The Bertz CT molecular complexity index is 928. The molecule has 5 nitrogen and oxygen atoms in total. The zero-order valence-electron chi connectivity index (χ0n) is 10.9. The van der Waals surface area contributed by atoms with Crippen molar-refractivity contribution in [2.45, 2.75) is 5.92 Å². The van der Waals surface area contributed by atoms with Crippen LogP contribution in [-0.4, -0.2) is 39.5 Å². The molecule has 0 amide bonds. The number of halogens is 3. The molecular formula is C13H8ClF2N3O2S. The summed E-state index contributed by atoms with van der Waals surface area (Å²) in [5, 5.41) is 9.35. The number of benzene rings is 1. The first-order valence-electron chi connectivity index (χ1n) is 6.32. The molecule has 0 atom stereocenters. The van der Waals surface area contributed by atoms with E-state index in [1.54, 1.807) is 16.5 Å². The fraction of sp³-hybridized carbons (Fsp3) is 0.231. The number of imidazole rings is 1. The molecule has 4 rings (SSSR count). The van der Waals surface area contributed by atoms with Gasteiger partial charge in [0, 0.05) is 6.20 Å². The van der Waals surface area contributed by atoms with Crippen LogP contribution < -0.4 is 4.90 Å². The Hall–Kier alpha value is -1.93. The van der Waals surface area contributed by atoms with Crippen molar-refractivity contribution in [3.63, 3.8) is 0 Å². The Kier molecular flexibility index (Phi) is 2.68. The van der Waals surface area contributed by atoms with Gasteiger partial charge in [-0.1, -0.05) is 22.9 Å². The SMILES string of the molecule is O=C(O)c1cn2c(n1)sc1c(Cl)c(N3CC(F)(F)C3)ccc12. The number of carboxylic acid groups (broad SMARTS) is 1. The van der Waals surface area contributed by atoms with Gasteiger partial charge in [-0.2, -0.15) is 0 Å². The summed E-state index contributed by atoms with van der Waals surface area (Å²) in [6.45, 7) is -0.687. The van der Waals surface area contributed by atoms with Crippen LogP contribution in [0.5, 0.6) is 0 Å². The van der Waals surface area contributed by atoms with E-state index in [2.05, 4.69) is 4.98 Å². The minimum atomic E-state index is -2.67. The number of carbonyl (C=O) groups is 1. The quantitative estimate of drug-likeness (QED) is 0.775. The largest absolute Gasteiger partial charge is 0.476 e. The number of hydrogen-bond donors (Lipinski definition) is 1. The maximum Gasteiger partial charge on any atom is 0.356 e. The zero-order chi connectivity index (χ0) is 15.6. The summed E-state index contributed by atoms with van der Waals surface area (Å²) in [6.07, 6.45) is 1.42. The second kappa shape index (κ2) is 4.30. The van der Waals surface area contributed by atoms with Gasteiger partial charge < -0.3 is 10.0 Å². The molecular weight excluding hydrogens is 336 g/mol. The van der Waals surface area contributed by atoms with E-state index in [-0.39, 0.29) is 18.8 Å². The highest BCUT2D eigenvalue weighted by atomic mass is 35.5. The Morgan fingerprint density at radius 3 is 2.77 bits per heavy atom. The molecule has 22 heavy (non-hydrogen) atoms. The Morgan fingerprint density at radius 2 is 2.14 bits per heavy atom. The standard InChI is InChI=1S/C13H8ClF2N3O2S/c14-9-7(18-4-13(15,16)5-18)1-2-8-10(9)22-12-17-6(11(20)21)3-19(8)12/h1-3H,4-5H2,(H,20,21). The lowest BCUT2D eigenvalue weighted by atomic mass is 10.1. The van der Waals surface area contributed by atoms with Gasteiger partial charge >= 0.3 is 5.97 Å². The third-order valence-corrected chi connectivity index (χ3v) is 5.17. The first-order valence-corrected chi connectivity index (χ1v) is 7.51. The molecule has 1 saturated heterocycles. The van der Waals surface area contributed by atoms with Crippen molar-refractivity contribution in [1.82, 2.24) is 9.38 Å². The van der Waals surface area contributed by atoms with Crippen molar-refractivity contribution in [3.05, 3.63) is 29.0 Å². The number of rotatable bonds is 2. The number of thiazole rings is 1. The topological polar surface area (TPSA) is 57.8 Å². The number of aromatic nitrogens is 2. The molecule has 1 aliphatic rings. The molecule has 114 valence electrons. The van der Waals surface area contributed by atoms with E-state index in [0.717, 1.165) is 0 Å². The number of aromatic carboxylic acids is 1. The van der Waals surface area contributed by atoms with Crippen molar-refractivity contribution >= 4 is 49.8 Å². The fourth-order valence-electron chi connectivity index (χ4n) is 2.55. The summed E-state index contributed by atoms with van der Waals surface area (Å²) < 4.78 is 28.4. The molecule has 0 unspecified atom stereocenters. The van der Waals surface area contributed by atoms with E-state index in [1.165, 1.54) is 22.4 Å². The number of alkyl halides is 2. The van der Waals surface area contributed by atoms with Crippen LogP contribution in [0, 0.1) is 0 Å². The van der Waals surface area contributed by atoms with Crippen molar-refractivity contribution in [2.75, 3.05) is 18.0 Å². The van der Waals surface area contributed by atoms with Gasteiger partial charge in [0.2, 0.25) is 0 Å². The number of hydrogen-bond acceptors (Lipinski definition) is 4. The van der Waals surface area contributed by atoms with Gasteiger partial charge in [0.05, 0.1) is 34.0 Å². The maximum atomic E-state index is 13.0. The highest BCUT2D eigenvalue weighted by molar-refractivity contribution is 7.24. The van der Waals surface area contributed by atoms with Crippen LogP contribution in [0.25, 0.3) is 15.2 Å². The van der Waals surface area contributed by atoms with E-state index in [0.29, 0.717) is 25.9 Å². The molecule has 0 bridgehead atoms. The van der Waals surface area contributed by atoms with Crippen LogP contribution in [0.2, 0.25) is 5.02 Å². The number of nitrogens with zero attached hydrogens (tertiary/aromatic N) is 3. The lowest BCUT2D eigenvalue weighted by Crippen LogP contribution is -2.56. The van der Waals surface area contributed by atoms with Crippen LogP contribution in [0.15, 0.2) is 18.3 Å². The Labute approximate surface area is 131 Å². The average molecular weight is 344 g/mol. The van der Waals surface area contributed by atoms with E-state index < -0.39 is 11.9 Å². The minimum Gasteiger partial charge on any atom is -0.476 e. The third kappa shape index (κ3) is 1.87. The molecule has 9 heteroatoms. The summed E-state index contributed by atoms with van der Waals surface area (Å²) in [6, 6.07) is 3.41. The molecule has 2 aromatic heterocycles. The van der Waals surface area contributed by atoms with Crippen LogP contribution in [-0.2, 0) is 0 Å². The lowest BCUT2D eigenvalue weighted by Gasteiger charge is -2.40. The number of carboxylic acids is 1. The van der Waals surface area contributed by atoms with Gasteiger partial charge in [0.25, 0.3) is 5.92 Å². The van der Waals surface area contributed by atoms with Crippen molar-refractivity contribution in [3.8, 4) is 0 Å². The van der Waals surface area contributed by atoms with Crippen molar-refractivity contribution in [1.29, 1.82) is 0 Å². The molecule has 1 aliphatic heterocycles. The third-order valence-electron chi connectivity index (χ3n) is 3.59. The van der Waals surface area contributed by atoms with E-state index in [1.807, 2.05) is 0 Å². The van der Waals surface area contributed by atoms with Gasteiger partial charge in [-0.05, 0) is 12.1 Å². The maximum absolute atomic E-state index is 13.0. The van der Waals surface area contributed by atoms with Crippen LogP contribution in [0.4, 0.5) is 14.5 Å². The lowest BCUT2D eigenvalue weighted by molar-refractivity contribution is -0.0262. The number of anilines is 1. The van der Waals surface area contributed by atoms with E-state index in [9.17, 15) is 13.6 Å². The molecule has 0 spiro atoms. The summed E-state index contributed by atoms with van der Waals surface area (Å²) in [5.74, 6) is -3.77. The molecule has 1 N–H and O–H groups in total. The molecule has 0 aliphatic carbocycles. The Morgan fingerprint density at radius 1 is 1.41 bits per heavy atom. The predicted molar refractivity (Wildman–Crippen MR) is 79.7 cm³/mol. The first kappa shape index (κ1) is 13.7. The average Bonchev–Trinajstić information content (AvgIpc) is 2.95. The van der Waals surface area contributed by atoms with Gasteiger partial charge in [-0.3, -0.25) is 4.40 Å². The normalized spacial score (nSPS) is 17.1. The van der Waals surface area contributed by atoms with Crippen molar-refractivity contribution in [2.24, 2.45) is 0 Å². The molecule has 0 radical (unpaired) electrons. The summed E-state index contributed by atoms with van der Waals surface area (Å²) in [5.41, 5.74) is 1.22.